The van der Waals surface area contributed by atoms with Crippen LogP contribution in [-0.2, 0) is 0 Å². The molecule has 24 heavy (non-hydrogen) atoms. The molecule has 0 bridgehead atoms. The maximum Gasteiger partial charge on any atom is 0.262 e. The first-order chi connectivity index (χ1) is 11.7. The number of benzene rings is 1. The van der Waals surface area contributed by atoms with Crippen molar-refractivity contribution in [3.8, 4) is 11.5 Å². The highest BCUT2D eigenvalue weighted by molar-refractivity contribution is 7.15. The van der Waals surface area contributed by atoms with Crippen molar-refractivity contribution in [2.75, 3.05) is 13.7 Å². The van der Waals surface area contributed by atoms with Crippen LogP contribution in [0.5, 0.6) is 11.5 Å². The van der Waals surface area contributed by atoms with E-state index in [0.717, 1.165) is 5.56 Å². The second kappa shape index (κ2) is 6.88. The fourth-order valence-electron chi connectivity index (χ4n) is 2.47. The maximum absolute atomic E-state index is 12.3. The van der Waals surface area contributed by atoms with Crippen molar-refractivity contribution in [2.24, 2.45) is 0 Å². The Morgan fingerprint density at radius 3 is 2.92 bits per heavy atom. The van der Waals surface area contributed by atoms with Gasteiger partial charge in [-0.15, -0.1) is 11.3 Å². The summed E-state index contributed by atoms with van der Waals surface area (Å²) in [4.78, 5) is 17.6. The number of thiazole rings is 1. The summed E-state index contributed by atoms with van der Waals surface area (Å²) in [6.07, 6.45) is 5.47. The molecule has 0 amide bonds. The summed E-state index contributed by atoms with van der Waals surface area (Å²) in [7, 11) is 1.61. The fraction of sp³-hybridized carbons (Fsp3) is 0.222. The SMILES string of the molecule is CCOc1cccc(C=Cc2nc3sccn3c(=O)c2C)c1OC. The highest BCUT2D eigenvalue weighted by Gasteiger charge is 2.10. The van der Waals surface area contributed by atoms with Gasteiger partial charge < -0.3 is 9.47 Å². The van der Waals surface area contributed by atoms with E-state index in [1.807, 2.05) is 42.7 Å². The van der Waals surface area contributed by atoms with Crippen LogP contribution < -0.4 is 15.0 Å². The monoisotopic (exact) mass is 342 g/mol. The third kappa shape index (κ3) is 2.92. The van der Waals surface area contributed by atoms with E-state index in [1.54, 1.807) is 24.6 Å². The second-order valence-corrected chi connectivity index (χ2v) is 6.00. The van der Waals surface area contributed by atoms with E-state index in [4.69, 9.17) is 9.47 Å². The van der Waals surface area contributed by atoms with Crippen molar-refractivity contribution in [1.82, 2.24) is 9.38 Å². The lowest BCUT2D eigenvalue weighted by molar-refractivity contribution is 0.310. The summed E-state index contributed by atoms with van der Waals surface area (Å²) < 4.78 is 12.6. The van der Waals surface area contributed by atoms with Crippen LogP contribution in [0.1, 0.15) is 23.7 Å². The van der Waals surface area contributed by atoms with Gasteiger partial charge in [-0.25, -0.2) is 4.98 Å². The normalized spacial score (nSPS) is 11.3. The van der Waals surface area contributed by atoms with Crippen LogP contribution in [0.2, 0.25) is 0 Å². The van der Waals surface area contributed by atoms with Crippen molar-refractivity contribution in [1.29, 1.82) is 0 Å². The highest BCUT2D eigenvalue weighted by atomic mass is 32.1. The van der Waals surface area contributed by atoms with E-state index in [-0.39, 0.29) is 5.56 Å². The number of methoxy groups -OCH3 is 1. The Kier molecular flexibility index (Phi) is 4.66. The molecule has 3 rings (SSSR count). The first-order valence-corrected chi connectivity index (χ1v) is 8.48. The zero-order chi connectivity index (χ0) is 17.1. The van der Waals surface area contributed by atoms with Gasteiger partial charge in [-0.2, -0.15) is 0 Å². The molecule has 0 unspecified atom stereocenters. The molecule has 0 aliphatic heterocycles. The fourth-order valence-corrected chi connectivity index (χ4v) is 3.18. The number of para-hydroxylation sites is 1. The van der Waals surface area contributed by atoms with Crippen molar-refractivity contribution in [3.63, 3.8) is 0 Å². The molecular weight excluding hydrogens is 324 g/mol. The minimum atomic E-state index is -0.0454. The van der Waals surface area contributed by atoms with Gasteiger partial charge in [0.1, 0.15) is 0 Å². The molecule has 2 aromatic heterocycles. The van der Waals surface area contributed by atoms with Crippen LogP contribution >= 0.6 is 11.3 Å². The Morgan fingerprint density at radius 2 is 2.17 bits per heavy atom. The van der Waals surface area contributed by atoms with Crippen LogP contribution in [-0.4, -0.2) is 23.1 Å². The van der Waals surface area contributed by atoms with E-state index in [2.05, 4.69) is 4.98 Å². The van der Waals surface area contributed by atoms with Crippen molar-refractivity contribution >= 4 is 28.4 Å². The summed E-state index contributed by atoms with van der Waals surface area (Å²) in [6.45, 7) is 4.28. The molecule has 0 aliphatic carbocycles. The average Bonchev–Trinajstić information content (AvgIpc) is 3.06. The van der Waals surface area contributed by atoms with Gasteiger partial charge in [-0.05, 0) is 32.1 Å². The number of nitrogens with zero attached hydrogens (tertiary/aromatic N) is 2. The molecule has 0 aliphatic rings. The lowest BCUT2D eigenvalue weighted by Crippen LogP contribution is -2.17. The molecule has 0 spiro atoms. The van der Waals surface area contributed by atoms with Crippen LogP contribution in [0.15, 0.2) is 34.6 Å². The van der Waals surface area contributed by atoms with Crippen LogP contribution in [0.25, 0.3) is 17.1 Å². The number of hydrogen-bond acceptors (Lipinski definition) is 5. The number of fused-ring (bicyclic) bond motifs is 1. The lowest BCUT2D eigenvalue weighted by Gasteiger charge is -2.11. The molecule has 0 N–H and O–H groups in total. The molecule has 0 radical (unpaired) electrons. The van der Waals surface area contributed by atoms with Gasteiger partial charge in [-0.1, -0.05) is 12.1 Å². The van der Waals surface area contributed by atoms with E-state index in [9.17, 15) is 4.79 Å². The van der Waals surface area contributed by atoms with Crippen LogP contribution in [0.3, 0.4) is 0 Å². The first-order valence-electron chi connectivity index (χ1n) is 7.60. The quantitative estimate of drug-likeness (QED) is 0.710. The molecule has 0 saturated carbocycles. The smallest absolute Gasteiger partial charge is 0.262 e. The average molecular weight is 342 g/mol. The molecule has 2 heterocycles. The molecule has 6 heteroatoms. The largest absolute Gasteiger partial charge is 0.492 e. The number of aromatic nitrogens is 2. The molecule has 0 atom stereocenters. The molecule has 124 valence electrons. The van der Waals surface area contributed by atoms with E-state index < -0.39 is 0 Å². The van der Waals surface area contributed by atoms with Crippen LogP contribution in [0, 0.1) is 6.92 Å². The molecular formula is C18H18N2O3S. The van der Waals surface area contributed by atoms with Gasteiger partial charge in [0.25, 0.3) is 5.56 Å². The highest BCUT2D eigenvalue weighted by Crippen LogP contribution is 2.32. The number of hydrogen-bond donors (Lipinski definition) is 0. The zero-order valence-corrected chi connectivity index (χ0v) is 14.6. The molecule has 5 nitrogen and oxygen atoms in total. The van der Waals surface area contributed by atoms with Gasteiger partial charge in [0.2, 0.25) is 0 Å². The van der Waals surface area contributed by atoms with Gasteiger partial charge in [0, 0.05) is 22.7 Å². The minimum Gasteiger partial charge on any atom is -0.492 e. The third-order valence-electron chi connectivity index (χ3n) is 3.66. The Morgan fingerprint density at radius 1 is 1.33 bits per heavy atom. The predicted molar refractivity (Wildman–Crippen MR) is 97.2 cm³/mol. The first kappa shape index (κ1) is 16.3. The molecule has 1 aromatic carbocycles. The Bertz CT molecular complexity index is 957. The summed E-state index contributed by atoms with van der Waals surface area (Å²) in [5.74, 6) is 1.36. The lowest BCUT2D eigenvalue weighted by atomic mass is 10.1. The molecule has 3 aromatic rings. The van der Waals surface area contributed by atoms with E-state index >= 15 is 0 Å². The van der Waals surface area contributed by atoms with Crippen LogP contribution in [0.4, 0.5) is 0 Å². The minimum absolute atomic E-state index is 0.0454. The predicted octanol–water partition coefficient (Wildman–Crippen LogP) is 3.64. The van der Waals surface area contributed by atoms with Crippen molar-refractivity contribution in [3.05, 3.63) is 57.0 Å². The number of ether oxygens (including phenoxy) is 2. The molecule has 0 saturated heterocycles. The number of rotatable bonds is 5. The molecule has 0 fully saturated rings. The zero-order valence-electron chi connectivity index (χ0n) is 13.8. The van der Waals surface area contributed by atoms with Crippen molar-refractivity contribution < 1.29 is 9.47 Å². The Labute approximate surface area is 143 Å². The summed E-state index contributed by atoms with van der Waals surface area (Å²) in [5.41, 5.74) is 2.10. The summed E-state index contributed by atoms with van der Waals surface area (Å²) in [6, 6.07) is 5.71. The third-order valence-corrected chi connectivity index (χ3v) is 4.42. The Balaban J connectivity index is 2.04. The van der Waals surface area contributed by atoms with Crippen molar-refractivity contribution in [2.45, 2.75) is 13.8 Å². The topological polar surface area (TPSA) is 52.8 Å². The van der Waals surface area contributed by atoms with E-state index in [1.165, 1.54) is 11.3 Å². The maximum atomic E-state index is 12.3. The van der Waals surface area contributed by atoms with Gasteiger partial charge in [-0.3, -0.25) is 9.20 Å². The van der Waals surface area contributed by atoms with Gasteiger partial charge in [0.05, 0.1) is 19.4 Å². The van der Waals surface area contributed by atoms with E-state index in [0.29, 0.717) is 34.3 Å². The standard InChI is InChI=1S/C18H18N2O3S/c1-4-23-15-7-5-6-13(16(15)22-3)8-9-14-12(2)17(21)20-10-11-24-18(20)19-14/h5-11H,4H2,1-3H3. The van der Waals surface area contributed by atoms with Gasteiger partial charge >= 0.3 is 0 Å². The summed E-state index contributed by atoms with van der Waals surface area (Å²) >= 11 is 1.44. The summed E-state index contributed by atoms with van der Waals surface area (Å²) in [5, 5.41) is 1.85. The van der Waals surface area contributed by atoms with Gasteiger partial charge in [0.15, 0.2) is 16.5 Å². The Hall–Kier alpha value is -2.60. The second-order valence-electron chi connectivity index (χ2n) is 5.13.